The smallest absolute Gasteiger partial charge is 0.308 e. The fourth-order valence-corrected chi connectivity index (χ4v) is 6.29. The average Bonchev–Trinajstić information content (AvgIpc) is 3.69. The fraction of sp³-hybridized carbons (Fsp3) is 0.484. The first-order valence-corrected chi connectivity index (χ1v) is 14.6. The number of aliphatic carboxylic acids is 1. The van der Waals surface area contributed by atoms with Crippen LogP contribution < -0.4 is 20.1 Å². The van der Waals surface area contributed by atoms with Crippen LogP contribution in [0.3, 0.4) is 0 Å². The molecule has 0 spiro atoms. The first-order valence-electron chi connectivity index (χ1n) is 14.6. The topological polar surface area (TPSA) is 143 Å². The number of unbranched alkanes of at least 4 members (excludes halogenated alkanes) is 1. The Labute approximate surface area is 245 Å². The maximum atomic E-state index is 13.9. The third kappa shape index (κ3) is 6.12. The molecule has 224 valence electrons. The van der Waals surface area contributed by atoms with E-state index in [1.807, 2.05) is 41.3 Å². The molecule has 2 aromatic rings. The lowest BCUT2D eigenvalue weighted by molar-refractivity contribution is -0.143. The predicted molar refractivity (Wildman–Crippen MR) is 154 cm³/mol. The van der Waals surface area contributed by atoms with E-state index < -0.39 is 23.8 Å². The Bertz CT molecular complexity index is 1330. The second-order valence-corrected chi connectivity index (χ2v) is 11.1. The number of ether oxygens (including phenoxy) is 2. The molecule has 3 aliphatic heterocycles. The molecule has 3 aliphatic rings. The summed E-state index contributed by atoms with van der Waals surface area (Å²) in [5, 5.41) is 10.5. The molecule has 11 nitrogen and oxygen atoms in total. The van der Waals surface area contributed by atoms with E-state index in [0.717, 1.165) is 29.7 Å². The molecule has 11 heteroatoms. The highest BCUT2D eigenvalue weighted by molar-refractivity contribution is 6.01. The standard InChI is InChI=1S/C31H38N4O7/c1-2-3-12-34(22-6-4-5-20(14-22)16-32)29(38)18-33-17-23(21-7-8-25-26(15-21)42-19-41-25)30(31(39)40)24(33)11-13-35-27(36)9-10-28(35)37/h4-8,14-15,23-24,30H,2-3,9-13,16-19,32H2,1H3,(H,39,40). The van der Waals surface area contributed by atoms with Crippen LogP contribution in [-0.2, 0) is 25.7 Å². The van der Waals surface area contributed by atoms with Crippen LogP contribution in [0.4, 0.5) is 5.69 Å². The number of likely N-dealkylation sites (tertiary alicyclic amines) is 2. The van der Waals surface area contributed by atoms with Crippen molar-refractivity contribution in [2.45, 2.75) is 57.5 Å². The third-order valence-corrected chi connectivity index (χ3v) is 8.49. The minimum atomic E-state index is -0.991. The molecule has 0 aliphatic carbocycles. The van der Waals surface area contributed by atoms with Gasteiger partial charge in [-0.05, 0) is 48.2 Å². The maximum Gasteiger partial charge on any atom is 0.308 e. The summed E-state index contributed by atoms with van der Waals surface area (Å²) in [5.41, 5.74) is 8.30. The van der Waals surface area contributed by atoms with Gasteiger partial charge in [-0.15, -0.1) is 0 Å². The molecule has 42 heavy (non-hydrogen) atoms. The van der Waals surface area contributed by atoms with Crippen molar-refractivity contribution in [3.63, 3.8) is 0 Å². The van der Waals surface area contributed by atoms with Gasteiger partial charge in [0, 0.05) is 56.7 Å². The van der Waals surface area contributed by atoms with Crippen LogP contribution in [0.1, 0.15) is 56.1 Å². The summed E-state index contributed by atoms with van der Waals surface area (Å²) in [5.74, 6) is -1.77. The predicted octanol–water partition coefficient (Wildman–Crippen LogP) is 2.71. The van der Waals surface area contributed by atoms with Gasteiger partial charge < -0.3 is 25.2 Å². The number of nitrogens with two attached hydrogens (primary N) is 1. The van der Waals surface area contributed by atoms with Gasteiger partial charge in [-0.1, -0.05) is 31.5 Å². The van der Waals surface area contributed by atoms with Gasteiger partial charge in [0.25, 0.3) is 0 Å². The van der Waals surface area contributed by atoms with Crippen molar-refractivity contribution in [2.24, 2.45) is 11.7 Å². The van der Waals surface area contributed by atoms with E-state index >= 15 is 0 Å². The highest BCUT2D eigenvalue weighted by atomic mass is 16.7. The molecule has 3 heterocycles. The second kappa shape index (κ2) is 12.9. The van der Waals surface area contributed by atoms with Crippen molar-refractivity contribution in [1.29, 1.82) is 0 Å². The quantitative estimate of drug-likeness (QED) is 0.364. The number of carbonyl (C=O) groups excluding carboxylic acids is 3. The number of amides is 3. The van der Waals surface area contributed by atoms with Crippen LogP contribution in [0.25, 0.3) is 0 Å². The lowest BCUT2D eigenvalue weighted by Crippen LogP contribution is -2.46. The number of carboxylic acid groups (broad SMARTS) is 1. The number of fused-ring (bicyclic) bond motifs is 1. The molecule has 0 radical (unpaired) electrons. The van der Waals surface area contributed by atoms with Crippen molar-refractivity contribution >= 4 is 29.4 Å². The molecule has 0 saturated carbocycles. The number of hydrogen-bond donors (Lipinski definition) is 2. The van der Waals surface area contributed by atoms with Gasteiger partial charge in [0.2, 0.25) is 24.5 Å². The van der Waals surface area contributed by atoms with Gasteiger partial charge in [-0.25, -0.2) is 0 Å². The molecule has 3 atom stereocenters. The molecule has 2 saturated heterocycles. The van der Waals surface area contributed by atoms with Crippen molar-refractivity contribution < 1.29 is 33.8 Å². The van der Waals surface area contributed by atoms with Crippen molar-refractivity contribution in [2.75, 3.05) is 37.9 Å². The molecular formula is C31H38N4O7. The number of anilines is 1. The summed E-state index contributed by atoms with van der Waals surface area (Å²) in [4.78, 5) is 56.3. The first-order chi connectivity index (χ1) is 20.3. The van der Waals surface area contributed by atoms with Crippen LogP contribution in [0.15, 0.2) is 42.5 Å². The molecule has 0 aromatic heterocycles. The van der Waals surface area contributed by atoms with E-state index in [1.165, 1.54) is 4.90 Å². The maximum absolute atomic E-state index is 13.9. The molecule has 3 amide bonds. The van der Waals surface area contributed by atoms with Crippen LogP contribution >= 0.6 is 0 Å². The van der Waals surface area contributed by atoms with Crippen molar-refractivity contribution in [1.82, 2.24) is 9.80 Å². The monoisotopic (exact) mass is 578 g/mol. The molecular weight excluding hydrogens is 540 g/mol. The van der Waals surface area contributed by atoms with E-state index in [2.05, 4.69) is 6.92 Å². The minimum Gasteiger partial charge on any atom is -0.481 e. The summed E-state index contributed by atoms with van der Waals surface area (Å²) in [6, 6.07) is 12.4. The first kappa shape index (κ1) is 29.5. The molecule has 2 aromatic carbocycles. The number of nitrogens with zero attached hydrogens (tertiary/aromatic N) is 3. The van der Waals surface area contributed by atoms with E-state index in [4.69, 9.17) is 15.2 Å². The average molecular weight is 579 g/mol. The largest absolute Gasteiger partial charge is 0.481 e. The normalized spacial score (nSPS) is 21.8. The zero-order chi connectivity index (χ0) is 29.8. The van der Waals surface area contributed by atoms with Crippen molar-refractivity contribution in [3.8, 4) is 11.5 Å². The highest BCUT2D eigenvalue weighted by Crippen LogP contribution is 2.43. The van der Waals surface area contributed by atoms with Crippen LogP contribution in [-0.4, -0.2) is 77.6 Å². The zero-order valence-electron chi connectivity index (χ0n) is 23.9. The molecule has 3 N–H and O–H groups in total. The molecule has 2 fully saturated rings. The number of hydrogen-bond acceptors (Lipinski definition) is 8. The van der Waals surface area contributed by atoms with Crippen LogP contribution in [0.5, 0.6) is 11.5 Å². The van der Waals surface area contributed by atoms with Gasteiger partial charge in [-0.2, -0.15) is 0 Å². The summed E-state index contributed by atoms with van der Waals surface area (Å²) < 4.78 is 11.0. The number of carbonyl (C=O) groups is 4. The summed E-state index contributed by atoms with van der Waals surface area (Å²) in [6.45, 7) is 3.46. The SMILES string of the molecule is CCCCN(C(=O)CN1CC(c2ccc3c(c2)OCO3)C(C(=O)O)C1CCN1C(=O)CCC1=O)c1cccc(CN)c1. The number of rotatable bonds is 12. The second-order valence-electron chi connectivity index (χ2n) is 11.1. The van der Waals surface area contributed by atoms with E-state index in [-0.39, 0.29) is 56.9 Å². The highest BCUT2D eigenvalue weighted by Gasteiger charge is 2.48. The van der Waals surface area contributed by atoms with Crippen molar-refractivity contribution in [3.05, 3.63) is 53.6 Å². The summed E-state index contributed by atoms with van der Waals surface area (Å²) in [6.07, 6.45) is 2.29. The van der Waals surface area contributed by atoms with Gasteiger partial charge in [0.05, 0.1) is 12.5 Å². The van der Waals surface area contributed by atoms with E-state index in [0.29, 0.717) is 31.1 Å². The number of imide groups is 1. The lowest BCUT2D eigenvalue weighted by atomic mass is 9.84. The third-order valence-electron chi connectivity index (χ3n) is 8.49. The zero-order valence-corrected chi connectivity index (χ0v) is 23.9. The summed E-state index contributed by atoms with van der Waals surface area (Å²) in [7, 11) is 0. The summed E-state index contributed by atoms with van der Waals surface area (Å²) >= 11 is 0. The Morgan fingerprint density at radius 1 is 1.07 bits per heavy atom. The van der Waals surface area contributed by atoms with Crippen LogP contribution in [0, 0.1) is 5.92 Å². The van der Waals surface area contributed by atoms with Gasteiger partial charge in [0.15, 0.2) is 11.5 Å². The molecule has 5 rings (SSSR count). The van der Waals surface area contributed by atoms with Gasteiger partial charge >= 0.3 is 5.97 Å². The number of benzene rings is 2. The Kier molecular flexibility index (Phi) is 9.08. The minimum absolute atomic E-state index is 0.00599. The Balaban J connectivity index is 1.44. The van der Waals surface area contributed by atoms with Crippen LogP contribution in [0.2, 0.25) is 0 Å². The van der Waals surface area contributed by atoms with Gasteiger partial charge in [0.1, 0.15) is 0 Å². The molecule has 3 unspecified atom stereocenters. The fourth-order valence-electron chi connectivity index (χ4n) is 6.29. The lowest BCUT2D eigenvalue weighted by Gasteiger charge is -2.30. The Hall–Kier alpha value is -3.96. The van der Waals surface area contributed by atoms with E-state index in [1.54, 1.807) is 11.0 Å². The molecule has 0 bridgehead atoms. The van der Waals surface area contributed by atoms with E-state index in [9.17, 15) is 24.3 Å². The van der Waals surface area contributed by atoms with Gasteiger partial charge in [-0.3, -0.25) is 29.0 Å². The Morgan fingerprint density at radius 3 is 2.55 bits per heavy atom. The number of carboxylic acids is 1. The Morgan fingerprint density at radius 2 is 1.83 bits per heavy atom.